The van der Waals surface area contributed by atoms with Crippen molar-refractivity contribution in [1.82, 2.24) is 5.32 Å². The maximum Gasteiger partial charge on any atom is 0.162 e. The smallest absolute Gasteiger partial charge is 0.162 e. The lowest BCUT2D eigenvalue weighted by atomic mass is 10.2. The number of phenolic OH excluding ortho intramolecular Hbond substituents is 1. The minimum Gasteiger partial charge on any atom is -0.504 e. The lowest BCUT2D eigenvalue weighted by molar-refractivity contribution is 0.369. The normalized spacial score (nSPS) is 21.4. The van der Waals surface area contributed by atoms with E-state index in [-0.39, 0.29) is 11.0 Å². The first-order chi connectivity index (χ1) is 9.04. The number of para-hydroxylation sites is 1. The van der Waals surface area contributed by atoms with Crippen molar-refractivity contribution in [2.45, 2.75) is 24.6 Å². The average molecular weight is 285 g/mol. The monoisotopic (exact) mass is 285 g/mol. The van der Waals surface area contributed by atoms with Gasteiger partial charge in [0.1, 0.15) is 0 Å². The van der Waals surface area contributed by atoms with E-state index in [0.717, 1.165) is 12.8 Å². The second-order valence-corrected chi connectivity index (χ2v) is 7.13. The molecule has 1 heterocycles. The van der Waals surface area contributed by atoms with Crippen LogP contribution in [0, 0.1) is 0 Å². The van der Waals surface area contributed by atoms with Gasteiger partial charge in [-0.05, 0) is 18.9 Å². The summed E-state index contributed by atoms with van der Waals surface area (Å²) < 4.78 is 28.3. The predicted octanol–water partition coefficient (Wildman–Crippen LogP) is 1.07. The molecular formula is C13H19NO4S. The van der Waals surface area contributed by atoms with Crippen molar-refractivity contribution in [2.24, 2.45) is 0 Å². The zero-order valence-corrected chi connectivity index (χ0v) is 11.7. The molecule has 1 aromatic rings. The van der Waals surface area contributed by atoms with Gasteiger partial charge in [-0.1, -0.05) is 12.1 Å². The fourth-order valence-corrected chi connectivity index (χ4v) is 4.13. The summed E-state index contributed by atoms with van der Waals surface area (Å²) in [6.07, 6.45) is 1.47. The molecule has 1 saturated heterocycles. The van der Waals surface area contributed by atoms with E-state index in [1.54, 1.807) is 18.2 Å². The lowest BCUT2D eigenvalue weighted by Crippen LogP contribution is -2.30. The number of phenols is 1. The van der Waals surface area contributed by atoms with Crippen molar-refractivity contribution in [2.75, 3.05) is 19.4 Å². The molecule has 1 unspecified atom stereocenters. The molecule has 1 aliphatic rings. The van der Waals surface area contributed by atoms with Gasteiger partial charge in [-0.2, -0.15) is 0 Å². The molecule has 106 valence electrons. The van der Waals surface area contributed by atoms with Gasteiger partial charge in [0.2, 0.25) is 0 Å². The second kappa shape index (κ2) is 5.79. The van der Waals surface area contributed by atoms with Gasteiger partial charge in [-0.25, -0.2) is 8.42 Å². The molecule has 0 aliphatic carbocycles. The van der Waals surface area contributed by atoms with E-state index < -0.39 is 9.84 Å². The Balaban J connectivity index is 1.93. The molecule has 2 rings (SSSR count). The van der Waals surface area contributed by atoms with Crippen LogP contribution in [0.2, 0.25) is 0 Å². The van der Waals surface area contributed by atoms with Crippen LogP contribution in [0.4, 0.5) is 0 Å². The molecular weight excluding hydrogens is 266 g/mol. The zero-order valence-electron chi connectivity index (χ0n) is 10.9. The number of hydrogen-bond donors (Lipinski definition) is 2. The quantitative estimate of drug-likeness (QED) is 0.846. The van der Waals surface area contributed by atoms with E-state index in [2.05, 4.69) is 5.32 Å². The molecule has 0 spiro atoms. The van der Waals surface area contributed by atoms with E-state index in [0.29, 0.717) is 30.2 Å². The summed E-state index contributed by atoms with van der Waals surface area (Å²) in [5, 5.41) is 12.7. The topological polar surface area (TPSA) is 75.6 Å². The van der Waals surface area contributed by atoms with Gasteiger partial charge in [-0.3, -0.25) is 0 Å². The third-order valence-electron chi connectivity index (χ3n) is 3.45. The maximum absolute atomic E-state index is 11.7. The summed E-state index contributed by atoms with van der Waals surface area (Å²) in [7, 11) is -1.42. The van der Waals surface area contributed by atoms with Gasteiger partial charge in [0, 0.05) is 18.7 Å². The fourth-order valence-electron chi connectivity index (χ4n) is 2.33. The molecule has 1 aromatic carbocycles. The first-order valence-corrected chi connectivity index (χ1v) is 8.03. The van der Waals surface area contributed by atoms with Crippen LogP contribution < -0.4 is 10.1 Å². The number of ether oxygens (including phenoxy) is 1. The zero-order chi connectivity index (χ0) is 13.9. The highest BCUT2D eigenvalue weighted by molar-refractivity contribution is 7.92. The van der Waals surface area contributed by atoms with E-state index in [4.69, 9.17) is 4.74 Å². The van der Waals surface area contributed by atoms with Gasteiger partial charge in [-0.15, -0.1) is 0 Å². The number of nitrogens with one attached hydrogen (secondary N) is 1. The molecule has 0 aromatic heterocycles. The van der Waals surface area contributed by atoms with Gasteiger partial charge in [0.15, 0.2) is 21.3 Å². The van der Waals surface area contributed by atoms with Crippen molar-refractivity contribution in [3.63, 3.8) is 0 Å². The molecule has 0 bridgehead atoms. The molecule has 1 fully saturated rings. The van der Waals surface area contributed by atoms with E-state index in [1.807, 2.05) is 0 Å². The molecule has 0 radical (unpaired) electrons. The van der Waals surface area contributed by atoms with E-state index in [9.17, 15) is 13.5 Å². The first kappa shape index (κ1) is 14.1. The predicted molar refractivity (Wildman–Crippen MR) is 73.2 cm³/mol. The largest absolute Gasteiger partial charge is 0.504 e. The van der Waals surface area contributed by atoms with Crippen LogP contribution in [0.15, 0.2) is 18.2 Å². The fraction of sp³-hybridized carbons (Fsp3) is 0.538. The van der Waals surface area contributed by atoms with Gasteiger partial charge in [0.05, 0.1) is 18.1 Å². The number of aromatic hydroxyl groups is 1. The van der Waals surface area contributed by atoms with Crippen LogP contribution in [0.1, 0.15) is 18.4 Å². The van der Waals surface area contributed by atoms with Crippen LogP contribution in [-0.2, 0) is 16.4 Å². The molecule has 0 amide bonds. The minimum absolute atomic E-state index is 0.103. The van der Waals surface area contributed by atoms with E-state index >= 15 is 0 Å². The second-order valence-electron chi connectivity index (χ2n) is 4.73. The van der Waals surface area contributed by atoms with Crippen LogP contribution in [0.3, 0.4) is 0 Å². The van der Waals surface area contributed by atoms with Crippen molar-refractivity contribution in [1.29, 1.82) is 0 Å². The van der Waals surface area contributed by atoms with Gasteiger partial charge in [0.25, 0.3) is 0 Å². The Morgan fingerprint density at radius 2 is 2.26 bits per heavy atom. The summed E-state index contributed by atoms with van der Waals surface area (Å²) in [5.74, 6) is 0.823. The Morgan fingerprint density at radius 3 is 2.89 bits per heavy atom. The SMILES string of the molecule is COc1cccc(CNCC2CCCS2(=O)=O)c1O. The van der Waals surface area contributed by atoms with E-state index in [1.165, 1.54) is 7.11 Å². The van der Waals surface area contributed by atoms with Crippen LogP contribution >= 0.6 is 0 Å². The standard InChI is InChI=1S/C13H19NO4S/c1-18-12-6-2-4-10(13(12)15)8-14-9-11-5-3-7-19(11,16)17/h2,4,6,11,14-15H,3,5,7-9H2,1H3. The highest BCUT2D eigenvalue weighted by atomic mass is 32.2. The number of methoxy groups -OCH3 is 1. The highest BCUT2D eigenvalue weighted by Crippen LogP contribution is 2.29. The third-order valence-corrected chi connectivity index (χ3v) is 5.73. The van der Waals surface area contributed by atoms with Crippen molar-refractivity contribution < 1.29 is 18.3 Å². The highest BCUT2D eigenvalue weighted by Gasteiger charge is 2.30. The number of rotatable bonds is 5. The van der Waals surface area contributed by atoms with Gasteiger partial charge >= 0.3 is 0 Å². The third kappa shape index (κ3) is 3.19. The van der Waals surface area contributed by atoms with Crippen molar-refractivity contribution in [3.8, 4) is 11.5 Å². The molecule has 6 heteroatoms. The van der Waals surface area contributed by atoms with Crippen LogP contribution in [-0.4, -0.2) is 38.2 Å². The Hall–Kier alpha value is -1.27. The number of hydrogen-bond acceptors (Lipinski definition) is 5. The average Bonchev–Trinajstić information content (AvgIpc) is 2.71. The van der Waals surface area contributed by atoms with Gasteiger partial charge < -0.3 is 15.2 Å². The minimum atomic E-state index is -2.91. The summed E-state index contributed by atoms with van der Waals surface area (Å²) in [4.78, 5) is 0. The van der Waals surface area contributed by atoms with Crippen LogP contribution in [0.5, 0.6) is 11.5 Å². The van der Waals surface area contributed by atoms with Crippen molar-refractivity contribution >= 4 is 9.84 Å². The molecule has 1 aliphatic heterocycles. The summed E-state index contributed by atoms with van der Waals surface area (Å²) in [5.41, 5.74) is 0.703. The number of sulfone groups is 1. The summed E-state index contributed by atoms with van der Waals surface area (Å²) >= 11 is 0. The Labute approximate surface area is 113 Å². The molecule has 5 nitrogen and oxygen atoms in total. The van der Waals surface area contributed by atoms with Crippen LogP contribution in [0.25, 0.3) is 0 Å². The van der Waals surface area contributed by atoms with Crippen molar-refractivity contribution in [3.05, 3.63) is 23.8 Å². The Morgan fingerprint density at radius 1 is 1.47 bits per heavy atom. The first-order valence-electron chi connectivity index (χ1n) is 6.31. The maximum atomic E-state index is 11.7. The molecule has 2 N–H and O–H groups in total. The lowest BCUT2D eigenvalue weighted by Gasteiger charge is -2.12. The molecule has 1 atom stereocenters. The number of benzene rings is 1. The molecule has 0 saturated carbocycles. The summed E-state index contributed by atoms with van der Waals surface area (Å²) in [6, 6.07) is 5.26. The summed E-state index contributed by atoms with van der Waals surface area (Å²) in [6.45, 7) is 0.855. The molecule has 19 heavy (non-hydrogen) atoms. The Bertz CT molecular complexity index is 542. The Kier molecular flexibility index (Phi) is 4.31.